The molecule has 52 heavy (non-hydrogen) atoms. The minimum Gasteiger partial charge on any atom is -0.457 e. The number of nitrogens with zero attached hydrogens (tertiary/aromatic N) is 1. The predicted octanol–water partition coefficient (Wildman–Crippen LogP) is 13.2. The normalized spacial score (nSPS) is 13.3. The van der Waals surface area contributed by atoms with E-state index in [0.717, 1.165) is 67.2 Å². The zero-order valence-electron chi connectivity index (χ0n) is 28.2. The first-order chi connectivity index (χ1) is 25.8. The van der Waals surface area contributed by atoms with Crippen LogP contribution in [0.4, 0.5) is 17.1 Å². The van der Waals surface area contributed by atoms with Gasteiger partial charge in [-0.05, 0) is 82.4 Å². The van der Waals surface area contributed by atoms with Gasteiger partial charge in [-0.25, -0.2) is 0 Å². The van der Waals surface area contributed by atoms with Gasteiger partial charge in [0, 0.05) is 44.5 Å². The second-order valence-corrected chi connectivity index (χ2v) is 13.6. The van der Waals surface area contributed by atoms with E-state index in [4.69, 9.17) is 9.15 Å². The van der Waals surface area contributed by atoms with Crippen LogP contribution in [0.25, 0.3) is 44.2 Å². The quantitative estimate of drug-likeness (QED) is 0.187. The van der Waals surface area contributed by atoms with Crippen LogP contribution in [-0.2, 0) is 5.41 Å². The van der Waals surface area contributed by atoms with Crippen LogP contribution in [0.15, 0.2) is 192 Å². The summed E-state index contributed by atoms with van der Waals surface area (Å²) in [5.74, 6) is 1.77. The fourth-order valence-corrected chi connectivity index (χ4v) is 8.75. The van der Waals surface area contributed by atoms with Crippen LogP contribution >= 0.6 is 0 Å². The highest BCUT2D eigenvalue weighted by molar-refractivity contribution is 6.13. The van der Waals surface area contributed by atoms with Crippen molar-refractivity contribution in [2.24, 2.45) is 0 Å². The third-order valence-electron chi connectivity index (χ3n) is 10.9. The van der Waals surface area contributed by atoms with Gasteiger partial charge in [-0.2, -0.15) is 0 Å². The third kappa shape index (κ3) is 4.02. The average Bonchev–Trinajstić information content (AvgIpc) is 3.73. The van der Waals surface area contributed by atoms with Gasteiger partial charge in [0.05, 0.1) is 5.41 Å². The number of hydrogen-bond donors (Lipinski definition) is 0. The van der Waals surface area contributed by atoms with Gasteiger partial charge in [0.15, 0.2) is 0 Å². The van der Waals surface area contributed by atoms with Gasteiger partial charge in [-0.3, -0.25) is 0 Å². The van der Waals surface area contributed by atoms with Gasteiger partial charge in [0.25, 0.3) is 0 Å². The molecule has 2 aliphatic rings. The van der Waals surface area contributed by atoms with E-state index in [1.54, 1.807) is 0 Å². The second kappa shape index (κ2) is 11.1. The molecule has 8 aromatic carbocycles. The monoisotopic (exact) mass is 665 g/mol. The zero-order chi connectivity index (χ0) is 34.2. The van der Waals surface area contributed by atoms with E-state index in [1.807, 2.05) is 0 Å². The first-order valence-electron chi connectivity index (χ1n) is 17.8. The first-order valence-corrected chi connectivity index (χ1v) is 17.8. The lowest BCUT2D eigenvalue weighted by molar-refractivity contribution is 0.436. The van der Waals surface area contributed by atoms with E-state index in [0.29, 0.717) is 0 Å². The molecule has 3 nitrogen and oxygen atoms in total. The van der Waals surface area contributed by atoms with Crippen LogP contribution in [0.5, 0.6) is 11.5 Å². The molecule has 1 aliphatic heterocycles. The molecule has 0 saturated heterocycles. The topological polar surface area (TPSA) is 25.6 Å². The molecule has 11 rings (SSSR count). The molecule has 0 unspecified atom stereocenters. The number of fused-ring (bicyclic) bond motifs is 13. The van der Waals surface area contributed by atoms with Crippen molar-refractivity contribution in [2.45, 2.75) is 5.41 Å². The highest BCUT2D eigenvalue weighted by Crippen LogP contribution is 2.63. The molecular formula is C49H31NO2. The van der Waals surface area contributed by atoms with Crippen molar-refractivity contribution < 1.29 is 9.15 Å². The highest BCUT2D eigenvalue weighted by atomic mass is 16.5. The Morgan fingerprint density at radius 2 is 0.981 bits per heavy atom. The summed E-state index contributed by atoms with van der Waals surface area (Å²) in [6.07, 6.45) is 0. The van der Waals surface area contributed by atoms with Gasteiger partial charge in [-0.1, -0.05) is 133 Å². The van der Waals surface area contributed by atoms with Crippen molar-refractivity contribution in [3.63, 3.8) is 0 Å². The number of hydrogen-bond acceptors (Lipinski definition) is 3. The molecule has 1 aliphatic carbocycles. The van der Waals surface area contributed by atoms with E-state index in [9.17, 15) is 0 Å². The third-order valence-corrected chi connectivity index (χ3v) is 10.9. The molecule has 0 fully saturated rings. The maximum Gasteiger partial charge on any atom is 0.143 e. The maximum absolute atomic E-state index is 6.92. The Balaban J connectivity index is 1.12. The summed E-state index contributed by atoms with van der Waals surface area (Å²) in [5.41, 5.74) is 14.0. The minimum absolute atomic E-state index is 0.536. The van der Waals surface area contributed by atoms with Gasteiger partial charge in [0.1, 0.15) is 22.7 Å². The standard InChI is InChI=1S/C49H31NO2/c1-3-13-32(14-4-1)33-23-25-35(26-24-33)50(34-15-5-2-6-16-34)36-27-30-44-39(31-36)37-28-29-43-47(48(37)52-44)38-17-7-8-18-40(38)49(43)41-19-9-11-21-45(41)51-46-22-12-10-20-42(46)49/h1-31H. The zero-order valence-corrected chi connectivity index (χ0v) is 28.2. The molecule has 1 spiro atoms. The molecule has 0 bridgehead atoms. The molecule has 0 saturated carbocycles. The van der Waals surface area contributed by atoms with Gasteiger partial charge in [0.2, 0.25) is 0 Å². The largest absolute Gasteiger partial charge is 0.457 e. The van der Waals surface area contributed by atoms with Crippen LogP contribution in [0, 0.1) is 0 Å². The Morgan fingerprint density at radius 3 is 1.71 bits per heavy atom. The molecule has 1 aromatic heterocycles. The Bertz CT molecular complexity index is 2770. The van der Waals surface area contributed by atoms with Crippen molar-refractivity contribution in [2.75, 3.05) is 4.90 Å². The smallest absolute Gasteiger partial charge is 0.143 e. The lowest BCUT2D eigenvalue weighted by atomic mass is 9.66. The molecule has 0 amide bonds. The molecule has 3 heteroatoms. The Hall–Kier alpha value is -6.84. The summed E-state index contributed by atoms with van der Waals surface area (Å²) in [6.45, 7) is 0. The van der Waals surface area contributed by atoms with Crippen molar-refractivity contribution in [3.8, 4) is 33.8 Å². The number of furan rings is 1. The molecular weight excluding hydrogens is 635 g/mol. The van der Waals surface area contributed by atoms with Gasteiger partial charge >= 0.3 is 0 Å². The van der Waals surface area contributed by atoms with Crippen molar-refractivity contribution in [3.05, 3.63) is 210 Å². The van der Waals surface area contributed by atoms with E-state index >= 15 is 0 Å². The lowest BCUT2D eigenvalue weighted by Crippen LogP contribution is -2.32. The maximum atomic E-state index is 6.92. The van der Waals surface area contributed by atoms with E-state index < -0.39 is 5.41 Å². The molecule has 0 radical (unpaired) electrons. The molecule has 0 N–H and O–H groups in total. The van der Waals surface area contributed by atoms with Crippen molar-refractivity contribution in [1.82, 2.24) is 0 Å². The number of benzene rings is 8. The number of anilines is 3. The van der Waals surface area contributed by atoms with Crippen LogP contribution in [0.1, 0.15) is 22.3 Å². The Morgan fingerprint density at radius 1 is 0.404 bits per heavy atom. The molecule has 2 heterocycles. The fourth-order valence-electron chi connectivity index (χ4n) is 8.75. The fraction of sp³-hybridized carbons (Fsp3) is 0.0204. The average molecular weight is 666 g/mol. The summed E-state index contributed by atoms with van der Waals surface area (Å²) < 4.78 is 13.5. The molecule has 0 atom stereocenters. The van der Waals surface area contributed by atoms with Crippen LogP contribution in [0.2, 0.25) is 0 Å². The van der Waals surface area contributed by atoms with Gasteiger partial charge in [-0.15, -0.1) is 0 Å². The molecule has 9 aromatic rings. The SMILES string of the molecule is c1ccc(-c2ccc(N(c3ccccc3)c3ccc4oc5c6c(ccc5c4c3)C3(c4ccccc4Oc4ccccc43)c3ccccc3-6)cc2)cc1. The summed E-state index contributed by atoms with van der Waals surface area (Å²) in [5, 5.41) is 2.19. The first kappa shape index (κ1) is 28.9. The Kier molecular flexibility index (Phi) is 6.17. The second-order valence-electron chi connectivity index (χ2n) is 13.6. The summed E-state index contributed by atoms with van der Waals surface area (Å²) in [6, 6.07) is 66.9. The predicted molar refractivity (Wildman–Crippen MR) is 211 cm³/mol. The number of ether oxygens (including phenoxy) is 1. The van der Waals surface area contributed by atoms with Crippen LogP contribution < -0.4 is 9.64 Å². The number of rotatable bonds is 4. The van der Waals surface area contributed by atoms with Gasteiger partial charge < -0.3 is 14.1 Å². The minimum atomic E-state index is -0.536. The van der Waals surface area contributed by atoms with Crippen LogP contribution in [-0.4, -0.2) is 0 Å². The highest BCUT2D eigenvalue weighted by Gasteiger charge is 2.51. The van der Waals surface area contributed by atoms with E-state index in [2.05, 4.69) is 193 Å². The van der Waals surface area contributed by atoms with Crippen molar-refractivity contribution in [1.29, 1.82) is 0 Å². The lowest BCUT2D eigenvalue weighted by Gasteiger charge is -2.39. The van der Waals surface area contributed by atoms with Crippen molar-refractivity contribution >= 4 is 39.0 Å². The molecule has 244 valence electrons. The summed E-state index contributed by atoms with van der Waals surface area (Å²) >= 11 is 0. The van der Waals surface area contributed by atoms with E-state index in [1.165, 1.54) is 27.8 Å². The van der Waals surface area contributed by atoms with E-state index in [-0.39, 0.29) is 0 Å². The number of para-hydroxylation sites is 3. The summed E-state index contributed by atoms with van der Waals surface area (Å²) in [7, 11) is 0. The summed E-state index contributed by atoms with van der Waals surface area (Å²) in [4.78, 5) is 2.32. The Labute approximate surface area is 301 Å². The van der Waals surface area contributed by atoms with Crippen LogP contribution in [0.3, 0.4) is 0 Å².